The summed E-state index contributed by atoms with van der Waals surface area (Å²) in [6, 6.07) is 24.9. The van der Waals surface area contributed by atoms with Gasteiger partial charge in [0.15, 0.2) is 0 Å². The Bertz CT molecular complexity index is 1090. The number of benzene rings is 3. The van der Waals surface area contributed by atoms with E-state index < -0.39 is 5.41 Å². The molecule has 0 bridgehead atoms. The molecule has 1 saturated heterocycles. The van der Waals surface area contributed by atoms with E-state index in [9.17, 15) is 9.90 Å². The number of hydrogen-bond acceptors (Lipinski definition) is 4. The van der Waals surface area contributed by atoms with E-state index in [2.05, 4.69) is 24.8 Å². The van der Waals surface area contributed by atoms with Crippen molar-refractivity contribution in [3.63, 3.8) is 0 Å². The average molecular weight is 445 g/mol. The number of anilines is 1. The predicted molar refractivity (Wildman–Crippen MR) is 132 cm³/mol. The summed E-state index contributed by atoms with van der Waals surface area (Å²) in [5.41, 5.74) is 8.17. The van der Waals surface area contributed by atoms with Crippen molar-refractivity contribution in [2.45, 2.75) is 38.2 Å². The molecule has 1 unspecified atom stereocenters. The first-order valence-electron chi connectivity index (χ1n) is 11.6. The molecule has 0 aliphatic carbocycles. The van der Waals surface area contributed by atoms with Crippen LogP contribution in [-0.2, 0) is 10.2 Å². The Hall–Kier alpha value is -3.47. The molecule has 0 saturated carbocycles. The number of hydrogen-bond donors (Lipinski definition) is 2. The fraction of sp³-hybridized carbons (Fsp3) is 0.321. The van der Waals surface area contributed by atoms with Crippen LogP contribution in [-0.4, -0.2) is 30.2 Å². The monoisotopic (exact) mass is 444 g/mol. The molecule has 1 amide bonds. The second-order valence-electron chi connectivity index (χ2n) is 9.23. The maximum Gasteiger partial charge on any atom is 0.232 e. The van der Waals surface area contributed by atoms with Gasteiger partial charge in [0.1, 0.15) is 23.0 Å². The van der Waals surface area contributed by atoms with Crippen LogP contribution in [0.25, 0.3) is 0 Å². The lowest BCUT2D eigenvalue weighted by Gasteiger charge is -2.44. The molecule has 1 fully saturated rings. The Kier molecular flexibility index (Phi) is 6.59. The Morgan fingerprint density at radius 2 is 1.76 bits per heavy atom. The van der Waals surface area contributed by atoms with Crippen LogP contribution < -0.4 is 15.4 Å². The first kappa shape index (κ1) is 22.7. The minimum absolute atomic E-state index is 0.00947. The lowest BCUT2D eigenvalue weighted by Crippen LogP contribution is -2.55. The topological polar surface area (TPSA) is 75.8 Å². The van der Waals surface area contributed by atoms with Crippen LogP contribution in [0.2, 0.25) is 0 Å². The van der Waals surface area contributed by atoms with Crippen LogP contribution >= 0.6 is 0 Å². The van der Waals surface area contributed by atoms with Gasteiger partial charge in [-0.2, -0.15) is 0 Å². The zero-order valence-corrected chi connectivity index (χ0v) is 19.3. The van der Waals surface area contributed by atoms with Gasteiger partial charge >= 0.3 is 0 Å². The van der Waals surface area contributed by atoms with Crippen LogP contribution in [0.1, 0.15) is 37.8 Å². The van der Waals surface area contributed by atoms with Crippen LogP contribution in [0.5, 0.6) is 11.5 Å². The number of nitrogens with two attached hydrogens (primary N) is 1. The normalized spacial score (nSPS) is 15.7. The minimum atomic E-state index is -0.903. The lowest BCUT2D eigenvalue weighted by molar-refractivity contribution is -0.122. The molecule has 0 spiro atoms. The number of carbonyl (C=O) groups is 1. The third-order valence-corrected chi connectivity index (χ3v) is 6.46. The first-order valence-corrected chi connectivity index (χ1v) is 11.6. The van der Waals surface area contributed by atoms with Gasteiger partial charge in [-0.3, -0.25) is 4.79 Å². The van der Waals surface area contributed by atoms with Crippen LogP contribution in [0.4, 0.5) is 5.69 Å². The van der Waals surface area contributed by atoms with Gasteiger partial charge < -0.3 is 20.5 Å². The number of aromatic hydroxyl groups is 1. The summed E-state index contributed by atoms with van der Waals surface area (Å²) in [6.45, 7) is 5.73. The highest BCUT2D eigenvalue weighted by molar-refractivity contribution is 5.93. The molecule has 33 heavy (non-hydrogen) atoms. The number of primary amides is 1. The number of rotatable bonds is 9. The van der Waals surface area contributed by atoms with E-state index >= 15 is 0 Å². The molecule has 1 aliphatic heterocycles. The summed E-state index contributed by atoms with van der Waals surface area (Å²) in [5, 5.41) is 9.69. The van der Waals surface area contributed by atoms with E-state index in [0.29, 0.717) is 31.2 Å². The van der Waals surface area contributed by atoms with Gasteiger partial charge in [-0.05, 0) is 48.1 Å². The molecular weight excluding hydrogens is 412 g/mol. The van der Waals surface area contributed by atoms with E-state index in [-0.39, 0.29) is 17.8 Å². The zero-order chi connectivity index (χ0) is 23.4. The van der Waals surface area contributed by atoms with Gasteiger partial charge in [-0.15, -0.1) is 0 Å². The molecule has 0 aromatic heterocycles. The lowest BCUT2D eigenvalue weighted by atomic mass is 9.69. The number of para-hydroxylation sites is 1. The molecule has 3 N–H and O–H groups in total. The molecule has 1 atom stereocenters. The smallest absolute Gasteiger partial charge is 0.232 e. The number of phenolic OH excluding ortho intramolecular Hbond substituents is 1. The van der Waals surface area contributed by atoms with Gasteiger partial charge in [0.05, 0.1) is 13.1 Å². The van der Waals surface area contributed by atoms with Crippen molar-refractivity contribution < 1.29 is 14.6 Å². The third kappa shape index (κ3) is 4.68. The quantitative estimate of drug-likeness (QED) is 0.494. The number of amides is 1. The van der Waals surface area contributed by atoms with Crippen molar-refractivity contribution >= 4 is 11.6 Å². The summed E-state index contributed by atoms with van der Waals surface area (Å²) in [7, 11) is 0. The number of ether oxygens (including phenoxy) is 1. The highest BCUT2D eigenvalue weighted by Gasteiger charge is 2.43. The molecule has 1 heterocycles. The Morgan fingerprint density at radius 1 is 1.06 bits per heavy atom. The molecule has 5 nitrogen and oxygen atoms in total. The second-order valence-corrected chi connectivity index (χ2v) is 9.23. The highest BCUT2D eigenvalue weighted by Crippen LogP contribution is 2.43. The highest BCUT2D eigenvalue weighted by atomic mass is 16.5. The van der Waals surface area contributed by atoms with Crippen molar-refractivity contribution in [3.05, 3.63) is 90.0 Å². The summed E-state index contributed by atoms with van der Waals surface area (Å²) < 4.78 is 6.03. The molecule has 3 aromatic rings. The molecule has 4 rings (SSSR count). The standard InChI is InChI=1S/C28H32N2O3/c1-20(2)15-16-28(27(29)32,21-9-4-3-5-10-21)25-13-6-7-14-26(25)30-18-24(19-30)33-23-12-8-11-22(31)17-23/h3-14,17,20,24,31H,15-16,18-19H2,1-2H3,(H2,29,32). The summed E-state index contributed by atoms with van der Waals surface area (Å²) in [4.78, 5) is 15.4. The van der Waals surface area contributed by atoms with Crippen LogP contribution in [0.15, 0.2) is 78.9 Å². The zero-order valence-electron chi connectivity index (χ0n) is 19.3. The fourth-order valence-corrected chi connectivity index (χ4v) is 4.63. The molecule has 5 heteroatoms. The number of phenols is 1. The SMILES string of the molecule is CC(C)CCC(C(N)=O)(c1ccccc1)c1ccccc1N1CC(Oc2cccc(O)c2)C1. The summed E-state index contributed by atoms with van der Waals surface area (Å²) in [6.07, 6.45) is 1.54. The van der Waals surface area contributed by atoms with Crippen molar-refractivity contribution in [2.24, 2.45) is 11.7 Å². The van der Waals surface area contributed by atoms with Crippen molar-refractivity contribution in [1.29, 1.82) is 0 Å². The van der Waals surface area contributed by atoms with E-state index in [1.165, 1.54) is 0 Å². The Balaban J connectivity index is 1.65. The van der Waals surface area contributed by atoms with Crippen LogP contribution in [0, 0.1) is 5.92 Å². The molecular formula is C28H32N2O3. The Labute approximate surface area is 195 Å². The summed E-state index contributed by atoms with van der Waals surface area (Å²) in [5.74, 6) is 0.965. The molecule has 1 aliphatic rings. The minimum Gasteiger partial charge on any atom is -0.508 e. The largest absolute Gasteiger partial charge is 0.508 e. The second kappa shape index (κ2) is 9.57. The van der Waals surface area contributed by atoms with E-state index in [0.717, 1.165) is 23.2 Å². The van der Waals surface area contributed by atoms with Gasteiger partial charge in [0.25, 0.3) is 0 Å². The van der Waals surface area contributed by atoms with Gasteiger partial charge in [-0.25, -0.2) is 0 Å². The van der Waals surface area contributed by atoms with Gasteiger partial charge in [0.2, 0.25) is 5.91 Å². The first-order chi connectivity index (χ1) is 15.9. The number of carbonyl (C=O) groups excluding carboxylic acids is 1. The maximum absolute atomic E-state index is 13.2. The number of nitrogens with zero attached hydrogens (tertiary/aromatic N) is 1. The van der Waals surface area contributed by atoms with E-state index in [4.69, 9.17) is 10.5 Å². The molecule has 3 aromatic carbocycles. The van der Waals surface area contributed by atoms with Crippen molar-refractivity contribution in [2.75, 3.05) is 18.0 Å². The van der Waals surface area contributed by atoms with Gasteiger partial charge in [0, 0.05) is 11.8 Å². The fourth-order valence-electron chi connectivity index (χ4n) is 4.63. The van der Waals surface area contributed by atoms with Crippen molar-refractivity contribution in [3.8, 4) is 11.5 Å². The summed E-state index contributed by atoms with van der Waals surface area (Å²) >= 11 is 0. The molecule has 172 valence electrons. The van der Waals surface area contributed by atoms with Gasteiger partial charge in [-0.1, -0.05) is 68.4 Å². The molecule has 0 radical (unpaired) electrons. The van der Waals surface area contributed by atoms with E-state index in [1.807, 2.05) is 54.6 Å². The third-order valence-electron chi connectivity index (χ3n) is 6.46. The predicted octanol–water partition coefficient (Wildman–Crippen LogP) is 4.87. The average Bonchev–Trinajstić information content (AvgIpc) is 2.77. The van der Waals surface area contributed by atoms with Crippen molar-refractivity contribution in [1.82, 2.24) is 0 Å². The Morgan fingerprint density at radius 3 is 2.42 bits per heavy atom. The van der Waals surface area contributed by atoms with Crippen LogP contribution in [0.3, 0.4) is 0 Å². The maximum atomic E-state index is 13.2. The van der Waals surface area contributed by atoms with E-state index in [1.54, 1.807) is 18.2 Å².